The molecule has 2 aromatic carbocycles. The van der Waals surface area contributed by atoms with Gasteiger partial charge in [0.25, 0.3) is 21.9 Å². The molecule has 1 aromatic heterocycles. The highest BCUT2D eigenvalue weighted by atomic mass is 32.2. The number of hydrazine groups is 1. The van der Waals surface area contributed by atoms with Crippen molar-refractivity contribution in [1.29, 1.82) is 0 Å². The van der Waals surface area contributed by atoms with Gasteiger partial charge >= 0.3 is 12.1 Å². The number of ether oxygens (including phenoxy) is 2. The molecule has 1 aliphatic rings. The summed E-state index contributed by atoms with van der Waals surface area (Å²) < 4.78 is 43.4. The quantitative estimate of drug-likeness (QED) is 0.0157. The van der Waals surface area contributed by atoms with Crippen molar-refractivity contribution in [2.45, 2.75) is 160 Å². The predicted molar refractivity (Wildman–Crippen MR) is 311 cm³/mol. The number of anilines is 1. The summed E-state index contributed by atoms with van der Waals surface area (Å²) in [7, 11) is -4.51. The third-order valence-electron chi connectivity index (χ3n) is 12.4. The average molecular weight is 1210 g/mol. The third kappa shape index (κ3) is 25.9. The molecule has 27 nitrogen and oxygen atoms in total. The van der Waals surface area contributed by atoms with Gasteiger partial charge in [0.1, 0.15) is 46.1 Å². The van der Waals surface area contributed by atoms with E-state index in [1.807, 2.05) is 18.2 Å². The number of carbonyl (C=O) groups excluding carboxylic acids is 10. The number of hydrogen-bond acceptors (Lipinski definition) is 17. The fourth-order valence-corrected chi connectivity index (χ4v) is 9.10. The zero-order chi connectivity index (χ0) is 62.9. The number of alkyl carbamates (subject to hydrolysis) is 1. The van der Waals surface area contributed by atoms with Crippen LogP contribution in [0.5, 0.6) is 0 Å². The van der Waals surface area contributed by atoms with E-state index >= 15 is 0 Å². The molecule has 1 aliphatic heterocycles. The molecule has 3 aromatic rings. The van der Waals surface area contributed by atoms with E-state index in [2.05, 4.69) is 58.3 Å². The van der Waals surface area contributed by atoms with E-state index in [1.165, 1.54) is 41.4 Å². The van der Waals surface area contributed by atoms with Crippen LogP contribution in [0.2, 0.25) is 0 Å². The van der Waals surface area contributed by atoms with Crippen LogP contribution in [0.3, 0.4) is 0 Å². The van der Waals surface area contributed by atoms with E-state index in [4.69, 9.17) is 9.47 Å². The number of nitrogens with one attached hydrogen (secondary N) is 9. The van der Waals surface area contributed by atoms with Gasteiger partial charge in [-0.25, -0.2) is 9.78 Å². The van der Waals surface area contributed by atoms with Crippen molar-refractivity contribution in [2.75, 3.05) is 31.6 Å². The molecule has 10 N–H and O–H groups in total. The molecule has 4 rings (SSSR count). The number of rotatable bonds is 29. The summed E-state index contributed by atoms with van der Waals surface area (Å²) in [5.74, 6) is -6.09. The first-order valence-electron chi connectivity index (χ1n) is 27.9. The van der Waals surface area contributed by atoms with Crippen molar-refractivity contribution in [2.24, 2.45) is 11.0 Å². The number of nitrogens with zero attached hydrogens (tertiary/aromatic N) is 3. The van der Waals surface area contributed by atoms with E-state index in [0.29, 0.717) is 12.8 Å². The lowest BCUT2D eigenvalue weighted by atomic mass is 10.0. The maximum Gasteiger partial charge on any atom is 0.407 e. The summed E-state index contributed by atoms with van der Waals surface area (Å²) in [6.45, 7) is 13.0. The molecule has 0 radical (unpaired) electrons. The highest BCUT2D eigenvalue weighted by Gasteiger charge is 2.36. The van der Waals surface area contributed by atoms with E-state index in [9.17, 15) is 60.9 Å². The number of amides is 9. The summed E-state index contributed by atoms with van der Waals surface area (Å²) >= 11 is 0. The summed E-state index contributed by atoms with van der Waals surface area (Å²) in [6.07, 6.45) is 3.01. The first kappa shape index (κ1) is 69.0. The lowest BCUT2D eigenvalue weighted by Gasteiger charge is -2.27. The monoisotopic (exact) mass is 1200 g/mol. The highest BCUT2D eigenvalue weighted by molar-refractivity contribution is 7.86. The zero-order valence-corrected chi connectivity index (χ0v) is 50.0. The molecule has 0 bridgehead atoms. The van der Waals surface area contributed by atoms with Gasteiger partial charge in [-0.2, -0.15) is 13.5 Å². The fourth-order valence-electron chi connectivity index (χ4n) is 8.43. The predicted octanol–water partition coefficient (Wildman–Crippen LogP) is 2.71. The average Bonchev–Trinajstić information content (AvgIpc) is 3.89. The van der Waals surface area contributed by atoms with E-state index in [-0.39, 0.29) is 92.2 Å². The van der Waals surface area contributed by atoms with Crippen molar-refractivity contribution in [1.82, 2.24) is 52.6 Å². The molecule has 2 heterocycles. The second kappa shape index (κ2) is 33.1. The minimum Gasteiger partial charge on any atom is -0.460 e. The molecule has 4 atom stereocenters. The molecular formula is C57H80N12O15S. The molecule has 85 heavy (non-hydrogen) atoms. The summed E-state index contributed by atoms with van der Waals surface area (Å²) in [5.41, 5.74) is 6.68. The lowest BCUT2D eigenvalue weighted by molar-refractivity contribution is -0.155. The van der Waals surface area contributed by atoms with Gasteiger partial charge in [-0.15, -0.1) is 0 Å². The van der Waals surface area contributed by atoms with Gasteiger partial charge in [-0.05, 0) is 123 Å². The van der Waals surface area contributed by atoms with E-state index in [1.54, 1.807) is 73.6 Å². The summed E-state index contributed by atoms with van der Waals surface area (Å²) in [6, 6.07) is 12.6. The smallest absolute Gasteiger partial charge is 0.407 e. The first-order valence-corrected chi connectivity index (χ1v) is 29.3. The fraction of sp³-hybridized carbons (Fsp3) is 0.509. The standard InChI is InChI=1S/C57H80N12O15S/c1-36(2)31-42(53(77)68-67-50(74)39-26-28-45(59-32-39)66-62-33-38-19-12-13-22-44(38)85(80,81)82)65-52(76)41(27-25-37-17-10-9-11-18-37)63-47(71)34-61-51(75)40(20-15-29-58-55(79)84-57(6,7)8)64-54(78)43-21-16-30-69(43)48(72)35-60-46(70)23-14-24-49(73)83-56(3,4)5/h9-13,17-19,22,26,28,32-33,36,40-43H,14-16,20-21,23-25,27,29-31,34-35H2,1-8H3,(H,58,79)(H,59,66)(H,60,70)(H,61,75)(H,63,71)(H,64,78)(H,65,76)(H,67,74)(H,68,77)(H,80,81,82)/t40-,41-,42-,43-/m0/s1. The number of aromatic nitrogens is 1. The minimum absolute atomic E-state index is 0.00675. The molecule has 1 saturated heterocycles. The number of esters is 1. The van der Waals surface area contributed by atoms with Crippen molar-refractivity contribution < 1.29 is 70.4 Å². The van der Waals surface area contributed by atoms with Crippen molar-refractivity contribution >= 4 is 81.5 Å². The molecule has 464 valence electrons. The van der Waals surface area contributed by atoms with Crippen molar-refractivity contribution in [3.8, 4) is 0 Å². The zero-order valence-electron chi connectivity index (χ0n) is 49.2. The van der Waals surface area contributed by atoms with Gasteiger partial charge in [-0.1, -0.05) is 62.4 Å². The number of pyridine rings is 1. The van der Waals surface area contributed by atoms with Crippen LogP contribution in [0.15, 0.2) is 82.9 Å². The van der Waals surface area contributed by atoms with Crippen LogP contribution in [-0.2, 0) is 64.4 Å². The van der Waals surface area contributed by atoms with Crippen LogP contribution < -0.4 is 48.2 Å². The maximum absolute atomic E-state index is 14.1. The number of likely N-dealkylation sites (tertiary alicyclic amines) is 1. The second-order valence-corrected chi connectivity index (χ2v) is 23.8. The normalized spacial score (nSPS) is 14.4. The van der Waals surface area contributed by atoms with Crippen LogP contribution in [-0.4, -0.2) is 150 Å². The molecule has 0 saturated carbocycles. The van der Waals surface area contributed by atoms with E-state index in [0.717, 1.165) is 11.8 Å². The van der Waals surface area contributed by atoms with Gasteiger partial charge in [0.05, 0.1) is 24.9 Å². The van der Waals surface area contributed by atoms with Gasteiger partial charge in [0, 0.05) is 37.7 Å². The highest BCUT2D eigenvalue weighted by Crippen LogP contribution is 2.19. The minimum atomic E-state index is -4.51. The Morgan fingerprint density at radius 3 is 2.07 bits per heavy atom. The number of aryl methyl sites for hydroxylation is 1. The second-order valence-electron chi connectivity index (χ2n) is 22.4. The van der Waals surface area contributed by atoms with E-state index < -0.39 is 118 Å². The Morgan fingerprint density at radius 1 is 0.729 bits per heavy atom. The Labute approximate surface area is 494 Å². The van der Waals surface area contributed by atoms with Crippen LogP contribution in [0, 0.1) is 5.92 Å². The molecule has 0 spiro atoms. The largest absolute Gasteiger partial charge is 0.460 e. The molecule has 0 unspecified atom stereocenters. The van der Waals surface area contributed by atoms with Crippen molar-refractivity contribution in [3.63, 3.8) is 0 Å². The number of hydrogen-bond donors (Lipinski definition) is 10. The number of hydrazone groups is 1. The molecule has 1 fully saturated rings. The number of benzene rings is 2. The Morgan fingerprint density at radius 2 is 1.41 bits per heavy atom. The molecule has 0 aliphatic carbocycles. The molecule has 9 amide bonds. The van der Waals surface area contributed by atoms with Gasteiger partial charge in [-0.3, -0.25) is 64.0 Å². The van der Waals surface area contributed by atoms with Crippen molar-refractivity contribution in [3.05, 3.63) is 89.6 Å². The van der Waals surface area contributed by atoms with Crippen LogP contribution in [0.1, 0.15) is 135 Å². The Hall–Kier alpha value is -8.53. The third-order valence-corrected chi connectivity index (χ3v) is 13.3. The van der Waals surface area contributed by atoms with Crippen LogP contribution >= 0.6 is 0 Å². The Bertz CT molecular complexity index is 2950. The molecular weight excluding hydrogens is 1120 g/mol. The van der Waals surface area contributed by atoms with Crippen LogP contribution in [0.4, 0.5) is 10.6 Å². The van der Waals surface area contributed by atoms with Gasteiger partial charge in [0.15, 0.2) is 0 Å². The maximum atomic E-state index is 14.1. The Balaban J connectivity index is 1.40. The van der Waals surface area contributed by atoms with Crippen LogP contribution in [0.25, 0.3) is 0 Å². The summed E-state index contributed by atoms with van der Waals surface area (Å²) in [4.78, 5) is 138. The van der Waals surface area contributed by atoms with Gasteiger partial charge in [0.2, 0.25) is 35.4 Å². The molecule has 28 heteroatoms. The number of carbonyl (C=O) groups is 10. The Kier molecular flexibility index (Phi) is 26.8. The first-order chi connectivity index (χ1) is 40.0. The summed E-state index contributed by atoms with van der Waals surface area (Å²) in [5, 5.41) is 19.6. The lowest BCUT2D eigenvalue weighted by Crippen LogP contribution is -2.57. The SMILES string of the molecule is CC(C)C[C@H](NC(=O)[C@H](CCc1ccccc1)NC(=O)CNC(=O)[C@H](CCCNC(=O)OC(C)(C)C)NC(=O)[C@@H]1CCCN1C(=O)CNC(=O)CCCC(=O)OC(C)(C)C)C(=O)NNC(=O)c1ccc(NN=Cc2ccccc2S(=O)(=O)O)nc1. The van der Waals surface area contributed by atoms with Gasteiger partial charge < -0.3 is 46.3 Å². The topological polar surface area (TPSA) is 380 Å².